The average Bonchev–Trinajstić information content (AvgIpc) is 3.10. The number of hydrogen-bond donors (Lipinski definition) is 2. The van der Waals surface area contributed by atoms with Gasteiger partial charge in [0.1, 0.15) is 11.7 Å². The molecule has 0 fully saturated rings. The van der Waals surface area contributed by atoms with Crippen molar-refractivity contribution < 1.29 is 4.39 Å². The Hall–Kier alpha value is -3.59. The highest BCUT2D eigenvalue weighted by molar-refractivity contribution is 5.93. The molecule has 0 radical (unpaired) electrons. The average molecular weight is 435 g/mol. The fraction of sp³-hybridized carbons (Fsp3) is 0.304. The van der Waals surface area contributed by atoms with Crippen LogP contribution >= 0.6 is 0 Å². The fourth-order valence-corrected chi connectivity index (χ4v) is 3.71. The maximum Gasteiger partial charge on any atom is 0.251 e. The van der Waals surface area contributed by atoms with Crippen LogP contribution in [-0.4, -0.2) is 57.7 Å². The third kappa shape index (κ3) is 4.67. The van der Waals surface area contributed by atoms with Gasteiger partial charge in [-0.15, -0.1) is 0 Å². The molecule has 166 valence electrons. The van der Waals surface area contributed by atoms with Crippen molar-refractivity contribution in [2.24, 2.45) is 17.8 Å². The summed E-state index contributed by atoms with van der Waals surface area (Å²) in [4.78, 5) is 15.5. The Morgan fingerprint density at radius 1 is 1.28 bits per heavy atom. The molecule has 9 heteroatoms. The second kappa shape index (κ2) is 9.27. The highest BCUT2D eigenvalue weighted by Gasteiger charge is 2.27. The van der Waals surface area contributed by atoms with Gasteiger partial charge in [-0.3, -0.25) is 4.68 Å². The Morgan fingerprint density at radius 3 is 2.81 bits per heavy atom. The van der Waals surface area contributed by atoms with Gasteiger partial charge in [-0.1, -0.05) is 0 Å². The number of aliphatic imine (C=N–C) groups is 1. The Labute approximate surface area is 186 Å². The standard InChI is InChI=1S/C23H27FN8/c1-31(2)13-12-26-11-10-19(25)28-23-27-14-16-6-9-18-20(21(16)29-23)22(32(3)30-18)15-4-7-17(24)8-5-15/h4-5,7-8,10-11,14,26H,6,9,12-13H2,1-3H3,(H2,25,27,28,29)/b11-10-. The van der Waals surface area contributed by atoms with Crippen LogP contribution in [0.25, 0.3) is 22.5 Å². The molecule has 0 saturated carbocycles. The summed E-state index contributed by atoms with van der Waals surface area (Å²) >= 11 is 0. The molecule has 0 saturated heterocycles. The van der Waals surface area contributed by atoms with Crippen LogP contribution in [0.5, 0.6) is 0 Å². The van der Waals surface area contributed by atoms with E-state index in [2.05, 4.69) is 25.3 Å². The van der Waals surface area contributed by atoms with Crippen LogP contribution in [0.2, 0.25) is 0 Å². The Balaban J connectivity index is 1.64. The van der Waals surface area contributed by atoms with Crippen molar-refractivity contribution in [1.29, 1.82) is 0 Å². The van der Waals surface area contributed by atoms with Gasteiger partial charge in [-0.25, -0.2) is 14.4 Å². The lowest BCUT2D eigenvalue weighted by molar-refractivity contribution is 0.410. The summed E-state index contributed by atoms with van der Waals surface area (Å²) in [6.07, 6.45) is 6.87. The molecule has 1 aromatic carbocycles. The normalized spacial score (nSPS) is 13.5. The van der Waals surface area contributed by atoms with E-state index in [1.807, 2.05) is 25.8 Å². The number of nitrogens with one attached hydrogen (secondary N) is 1. The summed E-state index contributed by atoms with van der Waals surface area (Å²) in [6.45, 7) is 1.72. The molecule has 32 heavy (non-hydrogen) atoms. The van der Waals surface area contributed by atoms with Crippen molar-refractivity contribution in [3.8, 4) is 22.5 Å². The van der Waals surface area contributed by atoms with Crippen LogP contribution in [0, 0.1) is 5.82 Å². The van der Waals surface area contributed by atoms with Crippen LogP contribution in [-0.2, 0) is 19.9 Å². The molecular weight excluding hydrogens is 407 g/mol. The molecule has 8 nitrogen and oxygen atoms in total. The number of halogens is 1. The van der Waals surface area contributed by atoms with E-state index < -0.39 is 0 Å². The third-order valence-electron chi connectivity index (χ3n) is 5.26. The van der Waals surface area contributed by atoms with E-state index in [-0.39, 0.29) is 5.82 Å². The van der Waals surface area contributed by atoms with E-state index >= 15 is 0 Å². The number of aromatic nitrogens is 4. The number of amidine groups is 1. The summed E-state index contributed by atoms with van der Waals surface area (Å²) in [5.41, 5.74) is 11.6. The second-order valence-electron chi connectivity index (χ2n) is 7.97. The minimum absolute atomic E-state index is 0.274. The third-order valence-corrected chi connectivity index (χ3v) is 5.26. The van der Waals surface area contributed by atoms with Gasteiger partial charge in [0.2, 0.25) is 0 Å². The van der Waals surface area contributed by atoms with E-state index in [1.54, 1.807) is 30.6 Å². The van der Waals surface area contributed by atoms with Gasteiger partial charge in [0.25, 0.3) is 5.95 Å². The van der Waals surface area contributed by atoms with Crippen molar-refractivity contribution >= 4 is 11.8 Å². The lowest BCUT2D eigenvalue weighted by Gasteiger charge is -2.16. The van der Waals surface area contributed by atoms with Gasteiger partial charge < -0.3 is 16.0 Å². The summed E-state index contributed by atoms with van der Waals surface area (Å²) in [5.74, 6) is 0.327. The molecule has 3 aromatic rings. The Bertz CT molecular complexity index is 1160. The van der Waals surface area contributed by atoms with Gasteiger partial charge in [0.05, 0.1) is 17.1 Å². The number of nitrogens with zero attached hydrogens (tertiary/aromatic N) is 6. The van der Waals surface area contributed by atoms with E-state index in [0.29, 0.717) is 11.8 Å². The van der Waals surface area contributed by atoms with E-state index in [9.17, 15) is 4.39 Å². The van der Waals surface area contributed by atoms with E-state index in [0.717, 1.165) is 59.7 Å². The van der Waals surface area contributed by atoms with Gasteiger partial charge >= 0.3 is 0 Å². The number of aryl methyl sites for hydroxylation is 3. The Kier molecular flexibility index (Phi) is 6.27. The van der Waals surface area contributed by atoms with Crippen molar-refractivity contribution in [2.45, 2.75) is 12.8 Å². The number of nitrogens with two attached hydrogens (primary N) is 1. The van der Waals surface area contributed by atoms with E-state index in [4.69, 9.17) is 10.7 Å². The number of hydrogen-bond acceptors (Lipinski definition) is 6. The number of likely N-dealkylation sites (N-methyl/N-ethyl adjacent to an activating group) is 1. The fourth-order valence-electron chi connectivity index (χ4n) is 3.71. The van der Waals surface area contributed by atoms with Crippen molar-refractivity contribution in [3.05, 3.63) is 59.8 Å². The zero-order valence-electron chi connectivity index (χ0n) is 18.5. The van der Waals surface area contributed by atoms with Gasteiger partial charge in [0.15, 0.2) is 0 Å². The minimum Gasteiger partial charge on any atom is -0.389 e. The monoisotopic (exact) mass is 434 g/mol. The first kappa shape index (κ1) is 21.6. The van der Waals surface area contributed by atoms with Crippen molar-refractivity contribution in [1.82, 2.24) is 30.0 Å². The number of fused-ring (bicyclic) bond motifs is 3. The first-order chi connectivity index (χ1) is 15.4. The maximum atomic E-state index is 13.5. The molecule has 3 N–H and O–H groups in total. The molecule has 0 amide bonds. The summed E-state index contributed by atoms with van der Waals surface area (Å²) in [7, 11) is 5.93. The number of rotatable bonds is 7. The molecule has 0 atom stereocenters. The molecular formula is C23H27FN8. The first-order valence-corrected chi connectivity index (χ1v) is 10.5. The summed E-state index contributed by atoms with van der Waals surface area (Å²) < 4.78 is 15.3. The molecule has 0 aliphatic heterocycles. The molecule has 2 aromatic heterocycles. The zero-order chi connectivity index (χ0) is 22.7. The summed E-state index contributed by atoms with van der Waals surface area (Å²) in [6, 6.07) is 6.42. The van der Waals surface area contributed by atoms with Crippen LogP contribution in [0.15, 0.2) is 47.7 Å². The van der Waals surface area contributed by atoms with Crippen LogP contribution in [0.4, 0.5) is 10.3 Å². The molecule has 0 spiro atoms. The predicted molar refractivity (Wildman–Crippen MR) is 124 cm³/mol. The molecule has 1 aliphatic carbocycles. The maximum absolute atomic E-state index is 13.5. The summed E-state index contributed by atoms with van der Waals surface area (Å²) in [5, 5.41) is 7.86. The van der Waals surface area contributed by atoms with Crippen molar-refractivity contribution in [2.75, 3.05) is 27.2 Å². The second-order valence-corrected chi connectivity index (χ2v) is 7.97. The first-order valence-electron chi connectivity index (χ1n) is 10.5. The largest absolute Gasteiger partial charge is 0.389 e. The Morgan fingerprint density at radius 2 is 2.06 bits per heavy atom. The molecule has 2 heterocycles. The van der Waals surface area contributed by atoms with Gasteiger partial charge in [-0.2, -0.15) is 10.1 Å². The lowest BCUT2D eigenvalue weighted by atomic mass is 9.91. The van der Waals surface area contributed by atoms with Gasteiger partial charge in [0, 0.05) is 43.7 Å². The molecule has 4 rings (SSSR count). The van der Waals surface area contributed by atoms with Gasteiger partial charge in [-0.05, 0) is 62.8 Å². The van der Waals surface area contributed by atoms with Crippen LogP contribution in [0.1, 0.15) is 11.3 Å². The molecule has 0 unspecified atom stereocenters. The zero-order valence-corrected chi connectivity index (χ0v) is 18.5. The highest BCUT2D eigenvalue weighted by atomic mass is 19.1. The predicted octanol–water partition coefficient (Wildman–Crippen LogP) is 2.44. The highest BCUT2D eigenvalue weighted by Crippen LogP contribution is 2.39. The lowest BCUT2D eigenvalue weighted by Crippen LogP contribution is -2.23. The van der Waals surface area contributed by atoms with Crippen molar-refractivity contribution in [3.63, 3.8) is 0 Å². The molecule has 0 bridgehead atoms. The minimum atomic E-state index is -0.274. The van der Waals surface area contributed by atoms with E-state index in [1.165, 1.54) is 12.1 Å². The van der Waals surface area contributed by atoms with Crippen LogP contribution < -0.4 is 11.1 Å². The molecule has 1 aliphatic rings. The SMILES string of the molecule is CN(C)CCN/C=C\C(N)=N/c1ncc2c(n1)-c1c(nn(C)c1-c1ccc(F)cc1)CC2. The number of benzene rings is 1. The topological polar surface area (TPSA) is 97.2 Å². The smallest absolute Gasteiger partial charge is 0.251 e. The quantitative estimate of drug-likeness (QED) is 0.337. The van der Waals surface area contributed by atoms with Crippen LogP contribution in [0.3, 0.4) is 0 Å².